The second-order valence-corrected chi connectivity index (χ2v) is 9.40. The van der Waals surface area contributed by atoms with E-state index in [1.54, 1.807) is 36.4 Å². The summed E-state index contributed by atoms with van der Waals surface area (Å²) in [4.78, 5) is 10.9. The van der Waals surface area contributed by atoms with Crippen LogP contribution >= 0.6 is 27.5 Å². The van der Waals surface area contributed by atoms with Crippen LogP contribution in [0.15, 0.2) is 53.4 Å². The van der Waals surface area contributed by atoms with E-state index in [-0.39, 0.29) is 9.92 Å². The maximum absolute atomic E-state index is 12.7. The Kier molecular flexibility index (Phi) is 5.88. The van der Waals surface area contributed by atoms with Gasteiger partial charge in [-0.15, -0.1) is 0 Å². The lowest BCUT2D eigenvalue weighted by Gasteiger charge is -2.27. The smallest absolute Gasteiger partial charge is 0.263 e. The van der Waals surface area contributed by atoms with Crippen LogP contribution in [0, 0.1) is 17.0 Å². The number of nitro groups is 1. The number of benzene rings is 2. The van der Waals surface area contributed by atoms with Crippen LogP contribution in [-0.4, -0.2) is 17.8 Å². The van der Waals surface area contributed by atoms with Crippen molar-refractivity contribution in [3.63, 3.8) is 0 Å². The second kappa shape index (κ2) is 7.41. The fourth-order valence-corrected chi connectivity index (χ4v) is 4.26. The SMILES string of the molecule is Cc1ccc(S(=O)(=O)N[C@@H](c2ccccc2Cl)[C@](C)(Br)[N+](=O)[O-])cc1. The molecule has 1 N–H and O–H groups in total. The van der Waals surface area contributed by atoms with Crippen molar-refractivity contribution < 1.29 is 13.3 Å². The van der Waals surface area contributed by atoms with Gasteiger partial charge in [0.1, 0.15) is 6.04 Å². The summed E-state index contributed by atoms with van der Waals surface area (Å²) >= 11 is 9.18. The molecule has 0 unspecified atom stereocenters. The van der Waals surface area contributed by atoms with Gasteiger partial charge in [-0.05, 0) is 30.7 Å². The highest BCUT2D eigenvalue weighted by atomic mass is 79.9. The molecule has 2 rings (SSSR count). The first-order chi connectivity index (χ1) is 11.6. The minimum atomic E-state index is -4.00. The van der Waals surface area contributed by atoms with Crippen LogP contribution in [0.3, 0.4) is 0 Å². The predicted octanol–water partition coefficient (Wildman–Crippen LogP) is 4.06. The lowest BCUT2D eigenvalue weighted by atomic mass is 10.0. The lowest BCUT2D eigenvalue weighted by Crippen LogP contribution is -2.45. The van der Waals surface area contributed by atoms with E-state index < -0.39 is 25.4 Å². The van der Waals surface area contributed by atoms with Crippen LogP contribution in [0.2, 0.25) is 5.02 Å². The van der Waals surface area contributed by atoms with E-state index in [1.165, 1.54) is 19.1 Å². The van der Waals surface area contributed by atoms with Gasteiger partial charge >= 0.3 is 0 Å². The average molecular weight is 448 g/mol. The second-order valence-electron chi connectivity index (χ2n) is 5.67. The zero-order valence-corrected chi connectivity index (χ0v) is 16.6. The van der Waals surface area contributed by atoms with Crippen molar-refractivity contribution in [1.82, 2.24) is 4.72 Å². The molecule has 9 heteroatoms. The number of nitrogens with one attached hydrogen (secondary N) is 1. The van der Waals surface area contributed by atoms with Crippen LogP contribution in [0.1, 0.15) is 24.1 Å². The standard InChI is InChI=1S/C16H16BrClN2O4S/c1-11-7-9-12(10-8-11)25(23,24)19-15(16(2,17)20(21)22)13-5-3-4-6-14(13)18/h3-10,15,19H,1-2H3/t15-,16+/m0/s1. The van der Waals surface area contributed by atoms with E-state index in [1.807, 2.05) is 6.92 Å². The number of rotatable bonds is 6. The molecule has 0 fully saturated rings. The minimum absolute atomic E-state index is 0.0156. The summed E-state index contributed by atoms with van der Waals surface area (Å²) in [5.74, 6) is 0. The Morgan fingerprint density at radius 2 is 1.76 bits per heavy atom. The molecule has 0 radical (unpaired) electrons. The first-order valence-electron chi connectivity index (χ1n) is 7.22. The Hall–Kier alpha value is -1.48. The first kappa shape index (κ1) is 19.8. The number of halogens is 2. The Bertz CT molecular complexity index is 885. The highest BCUT2D eigenvalue weighted by Crippen LogP contribution is 2.38. The molecule has 2 atom stereocenters. The van der Waals surface area contributed by atoms with E-state index in [2.05, 4.69) is 20.7 Å². The fourth-order valence-electron chi connectivity index (χ4n) is 2.21. The number of nitrogens with zero attached hydrogens (tertiary/aromatic N) is 1. The van der Waals surface area contributed by atoms with Crippen LogP contribution in [0.4, 0.5) is 0 Å². The molecule has 0 amide bonds. The molecule has 0 saturated carbocycles. The molecular formula is C16H16BrClN2O4S. The summed E-state index contributed by atoms with van der Waals surface area (Å²) in [6.07, 6.45) is 0. The van der Waals surface area contributed by atoms with E-state index in [9.17, 15) is 18.5 Å². The van der Waals surface area contributed by atoms with Gasteiger partial charge in [0.25, 0.3) is 4.45 Å². The first-order valence-corrected chi connectivity index (χ1v) is 9.88. The zero-order chi connectivity index (χ0) is 18.8. The highest BCUT2D eigenvalue weighted by Gasteiger charge is 2.47. The fraction of sp³-hybridized carbons (Fsp3) is 0.250. The van der Waals surface area contributed by atoms with Gasteiger partial charge in [-0.2, -0.15) is 4.72 Å². The van der Waals surface area contributed by atoms with Crippen molar-refractivity contribution in [1.29, 1.82) is 0 Å². The van der Waals surface area contributed by atoms with Gasteiger partial charge in [0.2, 0.25) is 10.0 Å². The van der Waals surface area contributed by atoms with E-state index in [4.69, 9.17) is 11.6 Å². The number of hydrogen-bond acceptors (Lipinski definition) is 4. The number of hydrogen-bond donors (Lipinski definition) is 1. The molecule has 0 aliphatic rings. The van der Waals surface area contributed by atoms with Crippen LogP contribution < -0.4 is 4.72 Å². The third kappa shape index (κ3) is 4.38. The van der Waals surface area contributed by atoms with Gasteiger partial charge in [-0.25, -0.2) is 8.42 Å². The number of sulfonamides is 1. The lowest BCUT2D eigenvalue weighted by molar-refractivity contribution is -0.536. The van der Waals surface area contributed by atoms with E-state index in [0.29, 0.717) is 5.56 Å². The van der Waals surface area contributed by atoms with Gasteiger partial charge in [-0.1, -0.05) is 47.5 Å². The van der Waals surface area contributed by atoms with Gasteiger partial charge in [0.15, 0.2) is 0 Å². The van der Waals surface area contributed by atoms with Crippen LogP contribution in [0.25, 0.3) is 0 Å². The molecule has 2 aromatic carbocycles. The monoisotopic (exact) mass is 446 g/mol. The van der Waals surface area contributed by atoms with Crippen molar-refractivity contribution in [2.24, 2.45) is 0 Å². The summed E-state index contributed by atoms with van der Waals surface area (Å²) in [5, 5.41) is 11.7. The topological polar surface area (TPSA) is 89.3 Å². The Morgan fingerprint density at radius 1 is 1.20 bits per heavy atom. The maximum atomic E-state index is 12.7. The van der Waals surface area contributed by atoms with Crippen LogP contribution in [-0.2, 0) is 10.0 Å². The van der Waals surface area contributed by atoms with Crippen LogP contribution in [0.5, 0.6) is 0 Å². The average Bonchev–Trinajstić information content (AvgIpc) is 2.53. The van der Waals surface area contributed by atoms with Crippen molar-refractivity contribution in [2.45, 2.75) is 29.2 Å². The molecule has 0 aliphatic heterocycles. The molecule has 0 spiro atoms. The molecule has 0 aromatic heterocycles. The molecule has 0 saturated heterocycles. The summed E-state index contributed by atoms with van der Waals surface area (Å²) in [7, 11) is -4.00. The highest BCUT2D eigenvalue weighted by molar-refractivity contribution is 9.10. The van der Waals surface area contributed by atoms with E-state index >= 15 is 0 Å². The summed E-state index contributed by atoms with van der Waals surface area (Å²) in [5.41, 5.74) is 1.20. The molecule has 134 valence electrons. The largest absolute Gasteiger partial charge is 0.291 e. The van der Waals surface area contributed by atoms with E-state index in [0.717, 1.165) is 5.56 Å². The molecule has 25 heavy (non-hydrogen) atoms. The quantitative estimate of drug-likeness (QED) is 0.313. The summed E-state index contributed by atoms with van der Waals surface area (Å²) < 4.78 is 26.0. The molecule has 0 heterocycles. The molecule has 6 nitrogen and oxygen atoms in total. The van der Waals surface area contributed by atoms with Gasteiger partial charge in [0, 0.05) is 32.8 Å². The predicted molar refractivity (Wildman–Crippen MR) is 100 cm³/mol. The summed E-state index contributed by atoms with van der Waals surface area (Å²) in [6.45, 7) is 3.11. The molecular weight excluding hydrogens is 432 g/mol. The number of alkyl halides is 1. The third-order valence-corrected chi connectivity index (χ3v) is 6.23. The Labute approximate surface area is 159 Å². The molecule has 0 bridgehead atoms. The van der Waals surface area contributed by atoms with Gasteiger partial charge in [-0.3, -0.25) is 10.1 Å². The van der Waals surface area contributed by atoms with Crippen molar-refractivity contribution in [2.75, 3.05) is 0 Å². The maximum Gasteiger partial charge on any atom is 0.291 e. The van der Waals surface area contributed by atoms with Crippen molar-refractivity contribution in [3.8, 4) is 0 Å². The molecule has 2 aromatic rings. The Morgan fingerprint density at radius 3 is 2.28 bits per heavy atom. The third-order valence-electron chi connectivity index (χ3n) is 3.70. The minimum Gasteiger partial charge on any atom is -0.263 e. The van der Waals surface area contributed by atoms with Gasteiger partial charge in [0.05, 0.1) is 4.90 Å². The zero-order valence-electron chi connectivity index (χ0n) is 13.4. The Balaban J connectivity index is 2.52. The molecule has 0 aliphatic carbocycles. The number of aryl methyl sites for hydroxylation is 1. The summed E-state index contributed by atoms with van der Waals surface area (Å²) in [6, 6.07) is 11.4. The normalized spacial score (nSPS) is 15.4. The van der Waals surface area contributed by atoms with Gasteiger partial charge < -0.3 is 0 Å². The van der Waals surface area contributed by atoms with Crippen molar-refractivity contribution in [3.05, 3.63) is 74.8 Å². The van der Waals surface area contributed by atoms with Crippen molar-refractivity contribution >= 4 is 37.6 Å².